The zero-order valence-corrected chi connectivity index (χ0v) is 59.6. The number of carbonyl (C=O) groups excluding carboxylic acids is 6. The highest BCUT2D eigenvalue weighted by Crippen LogP contribution is 2.64. The number of carbonyl (C=O) groups is 6. The molecule has 5 fully saturated rings. The van der Waals surface area contributed by atoms with E-state index in [1.165, 1.54) is 34.9 Å². The van der Waals surface area contributed by atoms with Crippen LogP contribution in [0.25, 0.3) is 0 Å². The zero-order valence-electron chi connectivity index (χ0n) is 59.6. The van der Waals surface area contributed by atoms with E-state index >= 15 is 0 Å². The maximum atomic E-state index is 13.0. The Kier molecular flexibility index (Phi) is 24.7. The molecular weight excluding hydrogens is 1150 g/mol. The first-order valence-corrected chi connectivity index (χ1v) is 34.3. The van der Waals surface area contributed by atoms with Crippen molar-refractivity contribution in [3.8, 4) is 0 Å². The van der Waals surface area contributed by atoms with E-state index < -0.39 is 47.8 Å². The van der Waals surface area contributed by atoms with Crippen LogP contribution in [0.4, 0.5) is 0 Å². The van der Waals surface area contributed by atoms with Gasteiger partial charge in [0.15, 0.2) is 28.9 Å². The van der Waals surface area contributed by atoms with Crippen LogP contribution in [0.2, 0.25) is 0 Å². The van der Waals surface area contributed by atoms with Crippen molar-refractivity contribution in [2.75, 3.05) is 0 Å². The summed E-state index contributed by atoms with van der Waals surface area (Å²) in [6.07, 6.45) is 25.6. The summed E-state index contributed by atoms with van der Waals surface area (Å²) in [5, 5.41) is 62.0. The lowest BCUT2D eigenvalue weighted by Crippen LogP contribution is -2.43. The van der Waals surface area contributed by atoms with Gasteiger partial charge in [-0.2, -0.15) is 0 Å². The second kappa shape index (κ2) is 29.9. The smallest absolute Gasteiger partial charge is 0.190 e. The van der Waals surface area contributed by atoms with Gasteiger partial charge in [-0.15, -0.1) is 0 Å². The second-order valence-electron chi connectivity index (χ2n) is 32.1. The molecule has 0 radical (unpaired) electrons. The number of hydrogen-bond donors (Lipinski definition) is 6. The zero-order chi connectivity index (χ0) is 69.2. The van der Waals surface area contributed by atoms with E-state index in [0.29, 0.717) is 100 Å². The van der Waals surface area contributed by atoms with Crippen molar-refractivity contribution in [2.24, 2.45) is 80.8 Å². The minimum atomic E-state index is -1.56. The molecule has 0 amide bonds. The van der Waals surface area contributed by atoms with Crippen molar-refractivity contribution in [3.63, 3.8) is 0 Å². The predicted molar refractivity (Wildman–Crippen MR) is 367 cm³/mol. The maximum absolute atomic E-state index is 13.0. The van der Waals surface area contributed by atoms with Gasteiger partial charge in [0.2, 0.25) is 0 Å². The first-order valence-electron chi connectivity index (χ1n) is 34.3. The maximum Gasteiger partial charge on any atom is 0.190 e. The van der Waals surface area contributed by atoms with E-state index in [1.807, 2.05) is 39.0 Å². The fraction of sp³-hybridized carbons (Fsp3) is 0.650. The Morgan fingerprint density at radius 3 is 1.25 bits per heavy atom. The molecular formula is C80H116O12. The number of Topliss-reactive ketones (excluding diaryl/α,β-unsaturated/α-hetero) is 4. The minimum absolute atomic E-state index is 0.00210. The van der Waals surface area contributed by atoms with Crippen LogP contribution in [-0.2, 0) is 28.8 Å². The Bertz CT molecular complexity index is 3200. The first-order chi connectivity index (χ1) is 42.5. The van der Waals surface area contributed by atoms with E-state index in [9.17, 15) is 59.4 Å². The van der Waals surface area contributed by atoms with Crippen LogP contribution >= 0.6 is 0 Å². The van der Waals surface area contributed by atoms with Crippen molar-refractivity contribution in [1.29, 1.82) is 0 Å². The molecule has 0 saturated heterocycles. The third kappa shape index (κ3) is 17.9. The van der Waals surface area contributed by atoms with E-state index in [-0.39, 0.29) is 62.9 Å². The second-order valence-corrected chi connectivity index (χ2v) is 32.1. The lowest BCUT2D eigenvalue weighted by molar-refractivity contribution is -0.138. The number of fused-ring (bicyclic) bond motifs is 5. The summed E-state index contributed by atoms with van der Waals surface area (Å²) in [5.74, 6) is 1.68. The summed E-state index contributed by atoms with van der Waals surface area (Å²) in [5.41, 5.74) is 8.59. The number of aliphatic hydroxyl groups excluding tert-OH is 5. The molecule has 0 aromatic rings. The van der Waals surface area contributed by atoms with E-state index in [2.05, 4.69) is 107 Å². The van der Waals surface area contributed by atoms with Crippen molar-refractivity contribution >= 4 is 34.7 Å². The summed E-state index contributed by atoms with van der Waals surface area (Å²) >= 11 is 0. The molecule has 0 heterocycles. The van der Waals surface area contributed by atoms with Crippen LogP contribution in [0.1, 0.15) is 216 Å². The van der Waals surface area contributed by atoms with E-state index in [4.69, 9.17) is 0 Å². The third-order valence-electron chi connectivity index (χ3n) is 23.5. The van der Waals surface area contributed by atoms with Crippen molar-refractivity contribution in [1.82, 2.24) is 0 Å². The largest absolute Gasteiger partial charge is 0.388 e. The molecule has 9 rings (SSSR count). The van der Waals surface area contributed by atoms with Gasteiger partial charge >= 0.3 is 0 Å². The average molecular weight is 1270 g/mol. The van der Waals surface area contributed by atoms with Crippen LogP contribution in [0.15, 0.2) is 128 Å². The Morgan fingerprint density at radius 2 is 0.804 bits per heavy atom. The average Bonchev–Trinajstić information content (AvgIpc) is 1.60. The molecule has 9 aliphatic rings. The molecule has 0 aliphatic heterocycles. The van der Waals surface area contributed by atoms with Crippen LogP contribution in [0.5, 0.6) is 0 Å². The molecule has 6 N–H and O–H groups in total. The lowest BCUT2D eigenvalue weighted by Gasteiger charge is -2.26. The minimum Gasteiger partial charge on any atom is -0.388 e. The van der Waals surface area contributed by atoms with Crippen molar-refractivity contribution < 1.29 is 59.4 Å². The molecule has 9 aliphatic carbocycles. The summed E-state index contributed by atoms with van der Waals surface area (Å²) in [6, 6.07) is 0. The third-order valence-corrected chi connectivity index (χ3v) is 23.5. The summed E-state index contributed by atoms with van der Waals surface area (Å²) in [7, 11) is 0. The number of hydrogen-bond acceptors (Lipinski definition) is 12. The number of allylic oxidation sites excluding steroid dienone is 10. The molecule has 0 aromatic heterocycles. The molecule has 0 aromatic carbocycles. The topological polar surface area (TPSA) is 224 Å². The fourth-order valence-corrected chi connectivity index (χ4v) is 15.7. The molecule has 0 bridgehead atoms. The van der Waals surface area contributed by atoms with Crippen LogP contribution in [0.3, 0.4) is 0 Å². The highest BCUT2D eigenvalue weighted by molar-refractivity contribution is 6.08. The summed E-state index contributed by atoms with van der Waals surface area (Å²) in [6.45, 7) is 40.5. The Balaban J connectivity index is 0.000000195. The quantitative estimate of drug-likeness (QED) is 0.125. The van der Waals surface area contributed by atoms with Gasteiger partial charge in [0.25, 0.3) is 0 Å². The van der Waals surface area contributed by atoms with Crippen molar-refractivity contribution in [2.45, 2.75) is 252 Å². The molecule has 5 saturated carbocycles. The van der Waals surface area contributed by atoms with Crippen LogP contribution < -0.4 is 0 Å². The van der Waals surface area contributed by atoms with Gasteiger partial charge < -0.3 is 30.6 Å². The van der Waals surface area contributed by atoms with Gasteiger partial charge in [0.1, 0.15) is 29.7 Å². The lowest BCUT2D eigenvalue weighted by atomic mass is 9.82. The molecule has 16 atom stereocenters. The van der Waals surface area contributed by atoms with Gasteiger partial charge in [0.05, 0.1) is 18.1 Å². The summed E-state index contributed by atoms with van der Waals surface area (Å²) in [4.78, 5) is 74.2. The van der Waals surface area contributed by atoms with Gasteiger partial charge in [0, 0.05) is 12.3 Å². The van der Waals surface area contributed by atoms with E-state index in [0.717, 1.165) is 62.5 Å². The number of ketones is 6. The molecule has 12 nitrogen and oxygen atoms in total. The normalized spacial score (nSPS) is 42.8. The molecule has 508 valence electrons. The molecule has 0 spiro atoms. The highest BCUT2D eigenvalue weighted by atomic mass is 16.3. The monoisotopic (exact) mass is 1270 g/mol. The Morgan fingerprint density at radius 1 is 0.424 bits per heavy atom. The fourth-order valence-electron chi connectivity index (χ4n) is 15.7. The predicted octanol–water partition coefficient (Wildman–Crippen LogP) is 14.4. The number of aliphatic hydroxyl groups is 6. The first kappa shape index (κ1) is 75.9. The van der Waals surface area contributed by atoms with Crippen LogP contribution in [-0.4, -0.2) is 101 Å². The van der Waals surface area contributed by atoms with Crippen molar-refractivity contribution in [3.05, 3.63) is 128 Å². The molecule has 12 heteroatoms. The van der Waals surface area contributed by atoms with Gasteiger partial charge in [-0.25, -0.2) is 0 Å². The van der Waals surface area contributed by atoms with Gasteiger partial charge in [-0.05, 0) is 273 Å². The summed E-state index contributed by atoms with van der Waals surface area (Å²) < 4.78 is 0. The Hall–Kier alpha value is -5.08. The SMILES string of the molecule is C/C1=C/C2C(=O)C(C)CC2(O)C(=O)/C(C)=C\C2C(CC1)C2(C)C.C/C1=C/CC(=O)/C(C)=C\C(=O)C(O)/C(C)=C\C2C(CC1)C2(C)C.C/C1=C/CC(O)/C(C)=C\C(=O)C(O)/C(C)=C\C2C(CC1)C2(C)C.C/C1=C/CC(O)/C(C)=C\C(O)C(=O)/C(C)=C\C2C(CC1)C2(C)C. The van der Waals surface area contributed by atoms with Crippen LogP contribution in [0, 0.1) is 80.8 Å². The molecule has 92 heavy (non-hydrogen) atoms. The van der Waals surface area contributed by atoms with Gasteiger partial charge in [-0.1, -0.05) is 133 Å². The standard InChI is InChI=1S/C20H28O3.2C20H30O3.C20H28O3/c1-11-6-7-14-15(19(14,4)5)9-12(2)18(22)20(23)10-13(3)17(21)16(20)8-11;3*1-12-6-8-15-16(20(15,4)5)10-14(3)19(23)18(22)11-13(2)17(21)9-7-12/h8-9,13-16,23H,6-7,10H2,1-5H3;7,10-11,15-17,19,21,23H,6,8-9H2,1-5H3;7,10-11,15-18,21-22H,6,8-9H2,1-5H3;7,10-11,15-16,19,23H,6,8-9H2,1-5H3/b11-8-,12-9-;3*12-7-,13-11-,14-10-. The van der Waals surface area contributed by atoms with E-state index in [1.54, 1.807) is 41.5 Å². The highest BCUT2D eigenvalue weighted by Gasteiger charge is 2.60. The Labute approximate surface area is 552 Å². The van der Waals surface area contributed by atoms with Gasteiger partial charge in [-0.3, -0.25) is 28.8 Å². The number of rotatable bonds is 0. The molecule has 16 unspecified atom stereocenters.